The molecule has 0 aliphatic heterocycles. The average molecular weight is 219 g/mol. The summed E-state index contributed by atoms with van der Waals surface area (Å²) in [6.07, 6.45) is 1.52. The van der Waals surface area contributed by atoms with Crippen LogP contribution in [0.5, 0.6) is 0 Å². The van der Waals surface area contributed by atoms with Crippen LogP contribution in [0.25, 0.3) is 0 Å². The summed E-state index contributed by atoms with van der Waals surface area (Å²) in [7, 11) is 0. The topological polar surface area (TPSA) is 81.2 Å². The van der Waals surface area contributed by atoms with Gasteiger partial charge < -0.3 is 9.84 Å². The second-order valence-corrected chi connectivity index (χ2v) is 3.11. The molecule has 0 amide bonds. The van der Waals surface area contributed by atoms with E-state index in [-0.39, 0.29) is 5.69 Å². The van der Waals surface area contributed by atoms with E-state index in [2.05, 4.69) is 10.5 Å². The van der Waals surface area contributed by atoms with Crippen molar-refractivity contribution in [2.24, 2.45) is 0 Å². The monoisotopic (exact) mass is 219 g/mol. The van der Waals surface area contributed by atoms with Crippen molar-refractivity contribution in [2.75, 3.05) is 5.32 Å². The Morgan fingerprint density at radius 1 is 1.38 bits per heavy atom. The third kappa shape index (κ3) is 2.17. The van der Waals surface area contributed by atoms with Gasteiger partial charge in [0.15, 0.2) is 5.76 Å². The van der Waals surface area contributed by atoms with E-state index < -0.39 is 4.92 Å². The minimum absolute atomic E-state index is 0.0435. The van der Waals surface area contributed by atoms with Crippen LogP contribution in [-0.4, -0.2) is 10.1 Å². The van der Waals surface area contributed by atoms with E-state index in [1.54, 1.807) is 24.3 Å². The van der Waals surface area contributed by atoms with Crippen LogP contribution in [0.3, 0.4) is 0 Å². The molecular weight excluding hydrogens is 210 g/mol. The number of nitro benzene ring substituents is 1. The normalized spacial score (nSPS) is 10.0. The number of rotatable bonds is 4. The van der Waals surface area contributed by atoms with Gasteiger partial charge in [-0.1, -0.05) is 17.3 Å². The molecule has 1 aromatic heterocycles. The number of para-hydroxylation sites is 2. The quantitative estimate of drug-likeness (QED) is 0.629. The molecule has 0 radical (unpaired) electrons. The molecule has 16 heavy (non-hydrogen) atoms. The predicted octanol–water partition coefficient (Wildman–Crippen LogP) is 2.19. The minimum Gasteiger partial charge on any atom is -0.372 e. The van der Waals surface area contributed by atoms with Crippen LogP contribution in [0.2, 0.25) is 0 Å². The smallest absolute Gasteiger partial charge is 0.292 e. The Morgan fingerprint density at radius 3 is 2.88 bits per heavy atom. The molecular formula is C10H9N3O3. The lowest BCUT2D eigenvalue weighted by Gasteiger charge is -2.03. The van der Waals surface area contributed by atoms with Crippen LogP contribution in [0.4, 0.5) is 11.4 Å². The zero-order chi connectivity index (χ0) is 11.4. The van der Waals surface area contributed by atoms with Gasteiger partial charge in [0.2, 0.25) is 0 Å². The SMILES string of the molecule is O=[N+]([O-])c1ccccc1NCc1ccno1. The molecule has 6 nitrogen and oxygen atoms in total. The molecule has 0 fully saturated rings. The Balaban J connectivity index is 2.12. The van der Waals surface area contributed by atoms with Crippen LogP contribution >= 0.6 is 0 Å². The highest BCUT2D eigenvalue weighted by Crippen LogP contribution is 2.23. The van der Waals surface area contributed by atoms with Crippen LogP contribution in [0.1, 0.15) is 5.76 Å². The molecule has 0 aliphatic carbocycles. The highest BCUT2D eigenvalue weighted by Gasteiger charge is 2.11. The Morgan fingerprint density at radius 2 is 2.19 bits per heavy atom. The van der Waals surface area contributed by atoms with Crippen molar-refractivity contribution >= 4 is 11.4 Å². The number of nitro groups is 1. The number of benzene rings is 1. The molecule has 2 rings (SSSR count). The van der Waals surface area contributed by atoms with Gasteiger partial charge in [0.05, 0.1) is 17.7 Å². The molecule has 1 N–H and O–H groups in total. The zero-order valence-electron chi connectivity index (χ0n) is 8.29. The van der Waals surface area contributed by atoms with Crippen molar-refractivity contribution in [3.8, 4) is 0 Å². The van der Waals surface area contributed by atoms with E-state index in [1.807, 2.05) is 0 Å². The first-order valence-corrected chi connectivity index (χ1v) is 4.64. The van der Waals surface area contributed by atoms with Crippen molar-refractivity contribution in [2.45, 2.75) is 6.54 Å². The van der Waals surface area contributed by atoms with Crippen molar-refractivity contribution in [3.63, 3.8) is 0 Å². The second kappa shape index (κ2) is 4.43. The summed E-state index contributed by atoms with van der Waals surface area (Å²) in [5.41, 5.74) is 0.505. The number of nitrogens with zero attached hydrogens (tertiary/aromatic N) is 2. The molecule has 0 unspecified atom stereocenters. The van der Waals surface area contributed by atoms with Gasteiger partial charge in [-0.25, -0.2) is 0 Å². The van der Waals surface area contributed by atoms with E-state index >= 15 is 0 Å². The maximum absolute atomic E-state index is 10.7. The summed E-state index contributed by atoms with van der Waals surface area (Å²) < 4.78 is 4.87. The number of hydrogen-bond acceptors (Lipinski definition) is 5. The van der Waals surface area contributed by atoms with Crippen LogP contribution in [0.15, 0.2) is 41.1 Å². The molecule has 0 saturated heterocycles. The minimum atomic E-state index is -0.428. The van der Waals surface area contributed by atoms with E-state index in [4.69, 9.17) is 4.52 Å². The number of nitrogens with one attached hydrogen (secondary N) is 1. The van der Waals surface area contributed by atoms with Gasteiger partial charge in [-0.15, -0.1) is 0 Å². The van der Waals surface area contributed by atoms with E-state index in [0.717, 1.165) is 0 Å². The molecule has 82 valence electrons. The number of aromatic nitrogens is 1. The van der Waals surface area contributed by atoms with Crippen LogP contribution in [-0.2, 0) is 6.54 Å². The van der Waals surface area contributed by atoms with Gasteiger partial charge in [0, 0.05) is 12.1 Å². The fourth-order valence-electron chi connectivity index (χ4n) is 1.30. The van der Waals surface area contributed by atoms with Gasteiger partial charge >= 0.3 is 0 Å². The molecule has 2 aromatic rings. The van der Waals surface area contributed by atoms with Crippen molar-refractivity contribution in [1.82, 2.24) is 5.16 Å². The molecule has 6 heteroatoms. The molecule has 0 spiro atoms. The maximum Gasteiger partial charge on any atom is 0.292 e. The van der Waals surface area contributed by atoms with Gasteiger partial charge in [0.25, 0.3) is 5.69 Å². The maximum atomic E-state index is 10.7. The summed E-state index contributed by atoms with van der Waals surface area (Å²) in [4.78, 5) is 10.3. The van der Waals surface area contributed by atoms with Gasteiger partial charge in [-0.3, -0.25) is 10.1 Å². The Bertz CT molecular complexity index is 482. The van der Waals surface area contributed by atoms with Crippen LogP contribution < -0.4 is 5.32 Å². The lowest BCUT2D eigenvalue weighted by Crippen LogP contribution is -2.01. The van der Waals surface area contributed by atoms with Crippen molar-refractivity contribution in [3.05, 3.63) is 52.4 Å². The summed E-state index contributed by atoms with van der Waals surface area (Å²) >= 11 is 0. The molecule has 0 saturated carbocycles. The van der Waals surface area contributed by atoms with E-state index in [0.29, 0.717) is 18.0 Å². The first-order chi connectivity index (χ1) is 7.77. The molecule has 1 heterocycles. The van der Waals surface area contributed by atoms with Crippen molar-refractivity contribution < 1.29 is 9.45 Å². The Hall–Kier alpha value is -2.37. The first kappa shape index (κ1) is 10.2. The fraction of sp³-hybridized carbons (Fsp3) is 0.100. The van der Waals surface area contributed by atoms with Crippen LogP contribution in [0, 0.1) is 10.1 Å². The predicted molar refractivity (Wildman–Crippen MR) is 56.9 cm³/mol. The van der Waals surface area contributed by atoms with Crippen molar-refractivity contribution in [1.29, 1.82) is 0 Å². The third-order valence-electron chi connectivity index (χ3n) is 2.05. The first-order valence-electron chi connectivity index (χ1n) is 4.64. The summed E-state index contributed by atoms with van der Waals surface area (Å²) in [6.45, 7) is 0.366. The average Bonchev–Trinajstić information content (AvgIpc) is 2.79. The number of hydrogen-bond donors (Lipinski definition) is 1. The highest BCUT2D eigenvalue weighted by molar-refractivity contribution is 5.60. The van der Waals surface area contributed by atoms with Gasteiger partial charge in [-0.05, 0) is 6.07 Å². The zero-order valence-corrected chi connectivity index (χ0v) is 8.29. The Labute approximate surface area is 91.0 Å². The van der Waals surface area contributed by atoms with Gasteiger partial charge in [0.1, 0.15) is 5.69 Å². The van der Waals surface area contributed by atoms with E-state index in [1.165, 1.54) is 12.3 Å². The molecule has 0 atom stereocenters. The van der Waals surface area contributed by atoms with Gasteiger partial charge in [-0.2, -0.15) is 0 Å². The van der Waals surface area contributed by atoms with E-state index in [9.17, 15) is 10.1 Å². The standard InChI is InChI=1S/C10H9N3O3/c14-13(15)10-4-2-1-3-9(10)11-7-8-5-6-12-16-8/h1-6,11H,7H2. The highest BCUT2D eigenvalue weighted by atomic mass is 16.6. The Kier molecular flexibility index (Phi) is 2.81. The lowest BCUT2D eigenvalue weighted by molar-refractivity contribution is -0.384. The second-order valence-electron chi connectivity index (χ2n) is 3.11. The molecule has 0 aliphatic rings. The number of anilines is 1. The lowest BCUT2D eigenvalue weighted by atomic mass is 10.2. The molecule has 0 bridgehead atoms. The summed E-state index contributed by atoms with van der Waals surface area (Å²) in [6, 6.07) is 8.15. The fourth-order valence-corrected chi connectivity index (χ4v) is 1.30. The summed E-state index contributed by atoms with van der Waals surface area (Å²) in [5, 5.41) is 17.2. The largest absolute Gasteiger partial charge is 0.372 e. The third-order valence-corrected chi connectivity index (χ3v) is 2.05. The summed E-state index contributed by atoms with van der Waals surface area (Å²) in [5.74, 6) is 0.623. The molecule has 1 aromatic carbocycles.